The molecule has 1 fully saturated rings. The largest absolute Gasteiger partial charge is 0.494 e. The molecule has 0 bridgehead atoms. The summed E-state index contributed by atoms with van der Waals surface area (Å²) in [7, 11) is 0. The summed E-state index contributed by atoms with van der Waals surface area (Å²) in [6, 6.07) is 17.4. The highest BCUT2D eigenvalue weighted by Crippen LogP contribution is 2.22. The molecule has 2 aromatic rings. The minimum absolute atomic E-state index is 0.184. The third-order valence-electron chi connectivity index (χ3n) is 5.17. The van der Waals surface area contributed by atoms with E-state index in [-0.39, 0.29) is 24.5 Å². The van der Waals surface area contributed by atoms with Crippen molar-refractivity contribution in [2.45, 2.75) is 45.6 Å². The first-order chi connectivity index (χ1) is 14.1. The first-order valence-corrected chi connectivity index (χ1v) is 10.3. The monoisotopic (exact) mass is 395 g/mol. The fourth-order valence-corrected chi connectivity index (χ4v) is 3.50. The molecule has 0 radical (unpaired) electrons. The topological polar surface area (TPSA) is 55.8 Å². The standard InChI is InChI=1S/C24H29NO4/c1-3-4-14-28-22-12-10-20(11-13-22)15-18(2)23(26)25-21(17-29-24(25)27)16-19-8-6-5-7-9-19/h5-13,18,21H,3-4,14-17H2,1-2H3/t18-,21-/m1/s1. The molecule has 0 spiro atoms. The Morgan fingerprint density at radius 3 is 2.55 bits per heavy atom. The number of hydrogen-bond acceptors (Lipinski definition) is 4. The molecule has 5 heteroatoms. The molecular formula is C24H29NO4. The Labute approximate surface area is 172 Å². The molecule has 1 aliphatic rings. The van der Waals surface area contributed by atoms with Gasteiger partial charge in [-0.2, -0.15) is 0 Å². The molecule has 0 aliphatic carbocycles. The second-order valence-electron chi connectivity index (χ2n) is 7.58. The average molecular weight is 395 g/mol. The minimum Gasteiger partial charge on any atom is -0.494 e. The van der Waals surface area contributed by atoms with Crippen LogP contribution in [0, 0.1) is 5.92 Å². The number of rotatable bonds is 9. The van der Waals surface area contributed by atoms with Crippen LogP contribution in [0.2, 0.25) is 0 Å². The number of amides is 2. The van der Waals surface area contributed by atoms with Gasteiger partial charge in [0, 0.05) is 5.92 Å². The highest BCUT2D eigenvalue weighted by molar-refractivity contribution is 5.94. The van der Waals surface area contributed by atoms with Gasteiger partial charge in [0.2, 0.25) is 5.91 Å². The molecule has 0 N–H and O–H groups in total. The van der Waals surface area contributed by atoms with Gasteiger partial charge in [0.25, 0.3) is 0 Å². The smallest absolute Gasteiger partial charge is 0.416 e. The molecule has 3 rings (SSSR count). The molecule has 2 amide bonds. The lowest BCUT2D eigenvalue weighted by Gasteiger charge is -2.23. The van der Waals surface area contributed by atoms with Gasteiger partial charge in [-0.15, -0.1) is 0 Å². The van der Waals surface area contributed by atoms with Gasteiger partial charge in [0.15, 0.2) is 0 Å². The third kappa shape index (κ3) is 5.59. The molecule has 2 atom stereocenters. The van der Waals surface area contributed by atoms with Crippen LogP contribution in [-0.4, -0.2) is 36.2 Å². The van der Waals surface area contributed by atoms with Gasteiger partial charge < -0.3 is 9.47 Å². The van der Waals surface area contributed by atoms with Crippen LogP contribution in [-0.2, 0) is 22.4 Å². The summed E-state index contributed by atoms with van der Waals surface area (Å²) in [6.07, 6.45) is 2.76. The van der Waals surface area contributed by atoms with Crippen molar-refractivity contribution in [3.8, 4) is 5.75 Å². The lowest BCUT2D eigenvalue weighted by atomic mass is 9.98. The number of cyclic esters (lactones) is 1. The van der Waals surface area contributed by atoms with Gasteiger partial charge >= 0.3 is 6.09 Å². The predicted octanol–water partition coefficient (Wildman–Crippen LogP) is 4.63. The van der Waals surface area contributed by atoms with E-state index in [1.807, 2.05) is 61.5 Å². The van der Waals surface area contributed by atoms with E-state index in [1.165, 1.54) is 4.90 Å². The quantitative estimate of drug-likeness (QED) is 0.581. The van der Waals surface area contributed by atoms with Crippen molar-refractivity contribution in [2.24, 2.45) is 5.92 Å². The van der Waals surface area contributed by atoms with Crippen molar-refractivity contribution in [3.63, 3.8) is 0 Å². The molecule has 0 unspecified atom stereocenters. The molecule has 29 heavy (non-hydrogen) atoms. The minimum atomic E-state index is -0.539. The van der Waals surface area contributed by atoms with E-state index >= 15 is 0 Å². The van der Waals surface area contributed by atoms with Crippen LogP contribution in [0.1, 0.15) is 37.8 Å². The van der Waals surface area contributed by atoms with Gasteiger partial charge in [-0.3, -0.25) is 4.79 Å². The normalized spacial score (nSPS) is 17.1. The molecule has 1 aliphatic heterocycles. The van der Waals surface area contributed by atoms with Crippen molar-refractivity contribution >= 4 is 12.0 Å². The van der Waals surface area contributed by atoms with Gasteiger partial charge in [-0.1, -0.05) is 62.7 Å². The fourth-order valence-electron chi connectivity index (χ4n) is 3.50. The number of ether oxygens (including phenoxy) is 2. The van der Waals surface area contributed by atoms with Crippen molar-refractivity contribution in [3.05, 3.63) is 65.7 Å². The Bertz CT molecular complexity index is 803. The number of nitrogens with zero attached hydrogens (tertiary/aromatic N) is 1. The summed E-state index contributed by atoms with van der Waals surface area (Å²) >= 11 is 0. The summed E-state index contributed by atoms with van der Waals surface area (Å²) in [4.78, 5) is 26.5. The van der Waals surface area contributed by atoms with Gasteiger partial charge in [-0.05, 0) is 42.5 Å². The zero-order valence-electron chi connectivity index (χ0n) is 17.2. The van der Waals surface area contributed by atoms with Crippen molar-refractivity contribution in [1.29, 1.82) is 0 Å². The number of imide groups is 1. The Kier molecular flexibility index (Phi) is 7.28. The maximum absolute atomic E-state index is 13.0. The van der Waals surface area contributed by atoms with Gasteiger partial charge in [0.05, 0.1) is 12.6 Å². The van der Waals surface area contributed by atoms with E-state index in [2.05, 4.69) is 6.92 Å². The molecule has 154 valence electrons. The third-order valence-corrected chi connectivity index (χ3v) is 5.17. The summed E-state index contributed by atoms with van der Waals surface area (Å²) in [5.41, 5.74) is 2.13. The second-order valence-corrected chi connectivity index (χ2v) is 7.58. The number of hydrogen-bond donors (Lipinski definition) is 0. The lowest BCUT2D eigenvalue weighted by Crippen LogP contribution is -2.43. The number of unbranched alkanes of at least 4 members (excludes halogenated alkanes) is 1. The van der Waals surface area contributed by atoms with Gasteiger partial charge in [-0.25, -0.2) is 9.69 Å². The maximum atomic E-state index is 13.0. The van der Waals surface area contributed by atoms with E-state index in [1.54, 1.807) is 0 Å². The van der Waals surface area contributed by atoms with E-state index in [0.717, 1.165) is 29.7 Å². The fraction of sp³-hybridized carbons (Fsp3) is 0.417. The van der Waals surface area contributed by atoms with Crippen molar-refractivity contribution in [2.75, 3.05) is 13.2 Å². The van der Waals surface area contributed by atoms with Crippen LogP contribution in [0.4, 0.5) is 4.79 Å². The predicted molar refractivity (Wildman–Crippen MR) is 112 cm³/mol. The molecular weight excluding hydrogens is 366 g/mol. The molecule has 2 aromatic carbocycles. The second kappa shape index (κ2) is 10.1. The molecule has 0 saturated carbocycles. The zero-order chi connectivity index (χ0) is 20.6. The average Bonchev–Trinajstić information content (AvgIpc) is 3.09. The molecule has 1 heterocycles. The Balaban J connectivity index is 1.60. The highest BCUT2D eigenvalue weighted by atomic mass is 16.6. The zero-order valence-corrected chi connectivity index (χ0v) is 17.2. The van der Waals surface area contributed by atoms with Gasteiger partial charge in [0.1, 0.15) is 12.4 Å². The Morgan fingerprint density at radius 1 is 1.14 bits per heavy atom. The van der Waals surface area contributed by atoms with Crippen LogP contribution in [0.25, 0.3) is 0 Å². The summed E-state index contributed by atoms with van der Waals surface area (Å²) in [6.45, 7) is 4.95. The molecule has 5 nitrogen and oxygen atoms in total. The Hall–Kier alpha value is -2.82. The maximum Gasteiger partial charge on any atom is 0.416 e. The van der Waals surface area contributed by atoms with Crippen LogP contribution in [0.3, 0.4) is 0 Å². The molecule has 1 saturated heterocycles. The van der Waals surface area contributed by atoms with E-state index in [0.29, 0.717) is 19.4 Å². The van der Waals surface area contributed by atoms with E-state index < -0.39 is 6.09 Å². The summed E-state index contributed by atoms with van der Waals surface area (Å²) in [5, 5.41) is 0. The Morgan fingerprint density at radius 2 is 1.86 bits per heavy atom. The van der Waals surface area contributed by atoms with Crippen LogP contribution in [0.15, 0.2) is 54.6 Å². The van der Waals surface area contributed by atoms with Crippen LogP contribution < -0.4 is 4.74 Å². The highest BCUT2D eigenvalue weighted by Gasteiger charge is 2.39. The first kappa shape index (κ1) is 20.9. The van der Waals surface area contributed by atoms with Crippen molar-refractivity contribution in [1.82, 2.24) is 4.90 Å². The number of carbonyl (C=O) groups is 2. The first-order valence-electron chi connectivity index (χ1n) is 10.3. The van der Waals surface area contributed by atoms with E-state index in [4.69, 9.17) is 9.47 Å². The van der Waals surface area contributed by atoms with Crippen molar-refractivity contribution < 1.29 is 19.1 Å². The number of carbonyl (C=O) groups excluding carboxylic acids is 2. The van der Waals surface area contributed by atoms with E-state index in [9.17, 15) is 9.59 Å². The molecule has 0 aromatic heterocycles. The number of benzene rings is 2. The lowest BCUT2D eigenvalue weighted by molar-refractivity contribution is -0.132. The van der Waals surface area contributed by atoms with Crippen LogP contribution in [0.5, 0.6) is 5.75 Å². The summed E-state index contributed by atoms with van der Waals surface area (Å²) in [5.74, 6) is 0.342. The SMILES string of the molecule is CCCCOc1ccc(C[C@@H](C)C(=O)N2C(=O)OC[C@H]2Cc2ccccc2)cc1. The van der Waals surface area contributed by atoms with Crippen LogP contribution >= 0.6 is 0 Å². The summed E-state index contributed by atoms with van der Waals surface area (Å²) < 4.78 is 10.9.